The molecule has 14 heavy (non-hydrogen) atoms. The van der Waals surface area contributed by atoms with E-state index in [0.717, 1.165) is 0 Å². The average molecular weight is 206 g/mol. The Bertz CT molecular complexity index is 287. The van der Waals surface area contributed by atoms with E-state index in [0.29, 0.717) is 0 Å². The zero-order valence-electron chi connectivity index (χ0n) is 10.1. The van der Waals surface area contributed by atoms with Gasteiger partial charge in [-0.25, -0.2) is 0 Å². The first kappa shape index (κ1) is 11.5. The summed E-state index contributed by atoms with van der Waals surface area (Å²) in [7, 11) is -0.875. The molecular weight excluding hydrogens is 184 g/mol. The van der Waals surface area contributed by atoms with Crippen LogP contribution in [0.1, 0.15) is 16.7 Å². The lowest BCUT2D eigenvalue weighted by atomic mass is 10.1. The lowest BCUT2D eigenvalue weighted by Gasteiger charge is -2.15. The van der Waals surface area contributed by atoms with Crippen LogP contribution in [0.15, 0.2) is 18.2 Å². The molecule has 0 saturated heterocycles. The smallest absolute Gasteiger partial charge is 0.0445 e. The molecule has 1 aromatic rings. The maximum atomic E-state index is 2.44. The van der Waals surface area contributed by atoms with Gasteiger partial charge in [0.2, 0.25) is 0 Å². The molecule has 1 aromatic carbocycles. The highest BCUT2D eigenvalue weighted by atomic mass is 28.3. The van der Waals surface area contributed by atoms with E-state index in [1.54, 1.807) is 0 Å². The van der Waals surface area contributed by atoms with Crippen LogP contribution in [0.25, 0.3) is 0 Å². The van der Waals surface area contributed by atoms with Crippen LogP contribution in [0.3, 0.4) is 0 Å². The Balaban J connectivity index is 2.68. The largest absolute Gasteiger partial charge is 0.0695 e. The van der Waals surface area contributed by atoms with Crippen LogP contribution in [-0.4, -0.2) is 8.07 Å². The average Bonchev–Trinajstić information content (AvgIpc) is 1.97. The number of hydrogen-bond acceptors (Lipinski definition) is 0. The van der Waals surface area contributed by atoms with Crippen LogP contribution in [-0.2, 0) is 6.42 Å². The van der Waals surface area contributed by atoms with Crippen LogP contribution in [0.2, 0.25) is 25.7 Å². The van der Waals surface area contributed by atoms with Gasteiger partial charge in [0.25, 0.3) is 0 Å². The number of hydrogen-bond donors (Lipinski definition) is 0. The summed E-state index contributed by atoms with van der Waals surface area (Å²) in [6, 6.07) is 8.30. The maximum Gasteiger partial charge on any atom is 0.0445 e. The van der Waals surface area contributed by atoms with Gasteiger partial charge in [0.1, 0.15) is 0 Å². The van der Waals surface area contributed by atoms with Crippen LogP contribution < -0.4 is 0 Å². The van der Waals surface area contributed by atoms with Gasteiger partial charge in [-0.15, -0.1) is 0 Å². The summed E-state index contributed by atoms with van der Waals surface area (Å²) < 4.78 is 0. The van der Waals surface area contributed by atoms with Crippen molar-refractivity contribution in [2.45, 2.75) is 46.0 Å². The molecule has 0 fully saturated rings. The molecule has 0 aliphatic carbocycles. The summed E-state index contributed by atoms with van der Waals surface area (Å²) in [5, 5.41) is 0. The molecule has 1 heteroatoms. The Hall–Kier alpha value is -0.563. The second-order valence-electron chi connectivity index (χ2n) is 5.56. The topological polar surface area (TPSA) is 0 Å². The molecule has 0 aromatic heterocycles. The lowest BCUT2D eigenvalue weighted by molar-refractivity contribution is 1.08. The lowest BCUT2D eigenvalue weighted by Crippen LogP contribution is -2.19. The highest BCUT2D eigenvalue weighted by Gasteiger charge is 2.12. The summed E-state index contributed by atoms with van der Waals surface area (Å²) in [5.41, 5.74) is 4.32. The first-order valence-corrected chi connectivity index (χ1v) is 9.15. The molecule has 0 N–H and O–H groups in total. The maximum absolute atomic E-state index is 2.44. The fraction of sp³-hybridized carbons (Fsp3) is 0.538. The molecule has 0 saturated carbocycles. The second-order valence-corrected chi connectivity index (χ2v) is 11.2. The van der Waals surface area contributed by atoms with Gasteiger partial charge >= 0.3 is 0 Å². The van der Waals surface area contributed by atoms with E-state index >= 15 is 0 Å². The summed E-state index contributed by atoms with van der Waals surface area (Å²) in [4.78, 5) is 0. The Kier molecular flexibility index (Phi) is 3.54. The quantitative estimate of drug-likeness (QED) is 0.651. The highest BCUT2D eigenvalue weighted by Crippen LogP contribution is 2.16. The summed E-state index contributed by atoms with van der Waals surface area (Å²) in [6.45, 7) is 11.7. The normalized spacial score (nSPS) is 11.8. The van der Waals surface area contributed by atoms with Gasteiger partial charge in [-0.05, 0) is 25.8 Å². The molecule has 0 aliphatic rings. The summed E-state index contributed by atoms with van der Waals surface area (Å²) in [6.07, 6.45) is 1.26. The Morgan fingerprint density at radius 1 is 0.929 bits per heavy atom. The minimum absolute atomic E-state index is 0.875. The van der Waals surface area contributed by atoms with Crippen molar-refractivity contribution >= 4 is 8.07 Å². The minimum atomic E-state index is -0.875. The molecule has 1 rings (SSSR count). The molecule has 0 heterocycles. The number of rotatable bonds is 3. The molecule has 0 bridgehead atoms. The van der Waals surface area contributed by atoms with Crippen molar-refractivity contribution in [1.29, 1.82) is 0 Å². The third-order valence-electron chi connectivity index (χ3n) is 2.45. The van der Waals surface area contributed by atoms with E-state index in [9.17, 15) is 0 Å². The van der Waals surface area contributed by atoms with Gasteiger partial charge < -0.3 is 0 Å². The van der Waals surface area contributed by atoms with Gasteiger partial charge in [0.05, 0.1) is 0 Å². The van der Waals surface area contributed by atoms with E-state index in [1.807, 2.05) is 0 Å². The number of aryl methyl sites for hydroxylation is 3. The third kappa shape index (κ3) is 4.10. The first-order chi connectivity index (χ1) is 6.37. The molecular formula is C13H22Si. The van der Waals surface area contributed by atoms with E-state index in [4.69, 9.17) is 0 Å². The van der Waals surface area contributed by atoms with Crippen molar-refractivity contribution in [1.82, 2.24) is 0 Å². The molecule has 0 radical (unpaired) electrons. The van der Waals surface area contributed by atoms with Crippen LogP contribution in [0.5, 0.6) is 0 Å². The van der Waals surface area contributed by atoms with Crippen LogP contribution in [0, 0.1) is 13.8 Å². The SMILES string of the molecule is Cc1cc(C)cc(CC[Si](C)(C)C)c1. The second kappa shape index (κ2) is 4.31. The Morgan fingerprint density at radius 3 is 1.86 bits per heavy atom. The zero-order chi connectivity index (χ0) is 10.8. The van der Waals surface area contributed by atoms with Gasteiger partial charge in [0, 0.05) is 8.07 Å². The molecule has 78 valence electrons. The van der Waals surface area contributed by atoms with E-state index in [2.05, 4.69) is 51.7 Å². The van der Waals surface area contributed by atoms with Crippen molar-refractivity contribution in [3.05, 3.63) is 34.9 Å². The molecule has 0 unspecified atom stereocenters. The zero-order valence-corrected chi connectivity index (χ0v) is 11.1. The van der Waals surface area contributed by atoms with Crippen molar-refractivity contribution in [3.63, 3.8) is 0 Å². The van der Waals surface area contributed by atoms with Crippen molar-refractivity contribution in [2.75, 3.05) is 0 Å². The molecule has 0 atom stereocenters. The fourth-order valence-corrected chi connectivity index (χ4v) is 2.77. The van der Waals surface area contributed by atoms with E-state index in [1.165, 1.54) is 29.2 Å². The summed E-state index contributed by atoms with van der Waals surface area (Å²) >= 11 is 0. The van der Waals surface area contributed by atoms with Crippen LogP contribution >= 0.6 is 0 Å². The third-order valence-corrected chi connectivity index (χ3v) is 4.20. The van der Waals surface area contributed by atoms with Gasteiger partial charge in [-0.2, -0.15) is 0 Å². The number of benzene rings is 1. The molecule has 0 nitrogen and oxygen atoms in total. The van der Waals surface area contributed by atoms with Crippen molar-refractivity contribution < 1.29 is 0 Å². The minimum Gasteiger partial charge on any atom is -0.0695 e. The predicted octanol–water partition coefficient (Wildman–Crippen LogP) is 4.18. The standard InChI is InChI=1S/C13H22Si/c1-11-8-12(2)10-13(9-11)6-7-14(3,4)5/h8-10H,6-7H2,1-5H3. The van der Waals surface area contributed by atoms with Gasteiger partial charge in [-0.1, -0.05) is 55.0 Å². The highest BCUT2D eigenvalue weighted by molar-refractivity contribution is 6.76. The molecule has 0 aliphatic heterocycles. The monoisotopic (exact) mass is 206 g/mol. The van der Waals surface area contributed by atoms with E-state index < -0.39 is 8.07 Å². The Morgan fingerprint density at radius 2 is 1.43 bits per heavy atom. The predicted molar refractivity (Wildman–Crippen MR) is 67.8 cm³/mol. The van der Waals surface area contributed by atoms with Gasteiger partial charge in [-0.3, -0.25) is 0 Å². The first-order valence-electron chi connectivity index (χ1n) is 5.44. The Labute approximate surface area is 89.4 Å². The van der Waals surface area contributed by atoms with E-state index in [-0.39, 0.29) is 0 Å². The summed E-state index contributed by atoms with van der Waals surface area (Å²) in [5.74, 6) is 0. The van der Waals surface area contributed by atoms with Crippen molar-refractivity contribution in [3.8, 4) is 0 Å². The molecule has 0 amide bonds. The fourth-order valence-electron chi connectivity index (χ4n) is 1.73. The molecule has 0 spiro atoms. The van der Waals surface area contributed by atoms with Crippen molar-refractivity contribution in [2.24, 2.45) is 0 Å². The van der Waals surface area contributed by atoms with Crippen LogP contribution in [0.4, 0.5) is 0 Å². The van der Waals surface area contributed by atoms with Gasteiger partial charge in [0.15, 0.2) is 0 Å².